The minimum absolute atomic E-state index is 0.130. The van der Waals surface area contributed by atoms with E-state index in [-0.39, 0.29) is 11.9 Å². The fourth-order valence-electron chi connectivity index (χ4n) is 4.35. The largest absolute Gasteiger partial charge is 0.506 e. The number of carbonyl (C=O) groups excluding carboxylic acids is 1. The highest BCUT2D eigenvalue weighted by atomic mass is 16.3. The molecule has 1 fully saturated rings. The Labute approximate surface area is 178 Å². The zero-order valence-electron chi connectivity index (χ0n) is 17.7. The number of rotatable bonds is 5. The molecule has 1 heterocycles. The van der Waals surface area contributed by atoms with Gasteiger partial charge < -0.3 is 14.9 Å². The second-order valence-electron chi connectivity index (χ2n) is 7.77. The Morgan fingerprint density at radius 2 is 1.63 bits per heavy atom. The molecular weight excluding hydrogens is 374 g/mol. The van der Waals surface area contributed by atoms with Crippen molar-refractivity contribution in [2.45, 2.75) is 19.9 Å². The van der Waals surface area contributed by atoms with Crippen molar-refractivity contribution in [2.75, 3.05) is 42.5 Å². The number of para-hydroxylation sites is 2. The molecule has 0 aromatic heterocycles. The van der Waals surface area contributed by atoms with Gasteiger partial charge in [-0.1, -0.05) is 48.5 Å². The van der Waals surface area contributed by atoms with Crippen LogP contribution in [0.4, 0.5) is 11.4 Å². The van der Waals surface area contributed by atoms with Crippen LogP contribution in [0.2, 0.25) is 0 Å². The molecule has 0 aliphatic carbocycles. The monoisotopic (exact) mass is 403 g/mol. The van der Waals surface area contributed by atoms with Crippen molar-refractivity contribution in [3.63, 3.8) is 0 Å². The first kappa shape index (κ1) is 20.2. The fraction of sp³-hybridized carbons (Fsp3) is 0.320. The third kappa shape index (κ3) is 3.85. The van der Waals surface area contributed by atoms with Crippen molar-refractivity contribution in [1.29, 1.82) is 0 Å². The number of piperazine rings is 1. The summed E-state index contributed by atoms with van der Waals surface area (Å²) < 4.78 is 0. The lowest BCUT2D eigenvalue weighted by Crippen LogP contribution is -2.54. The van der Waals surface area contributed by atoms with E-state index in [1.807, 2.05) is 61.2 Å². The van der Waals surface area contributed by atoms with Gasteiger partial charge in [0.1, 0.15) is 5.75 Å². The molecule has 0 spiro atoms. The van der Waals surface area contributed by atoms with Crippen LogP contribution in [-0.2, 0) is 4.79 Å². The molecule has 0 radical (unpaired) electrons. The molecule has 1 aliphatic heterocycles. The summed E-state index contributed by atoms with van der Waals surface area (Å²) in [6.45, 7) is 7.82. The lowest BCUT2D eigenvalue weighted by Gasteiger charge is -2.40. The number of likely N-dealkylation sites (N-methyl/N-ethyl adjacent to an activating group) is 1. The Morgan fingerprint density at radius 1 is 0.967 bits per heavy atom. The molecule has 156 valence electrons. The molecule has 3 aromatic rings. The number of amides is 1. The van der Waals surface area contributed by atoms with E-state index in [9.17, 15) is 9.90 Å². The standard InChI is InChI=1S/C25H29N3O2/c1-3-28(22-13-8-10-20-9-4-5-11-21(20)22)25(30)19(2)26-15-17-27(18-16-26)23-12-6-7-14-24(23)29/h4-14,19,29H,3,15-18H2,1-2H3/t19-/m0/s1. The fourth-order valence-corrected chi connectivity index (χ4v) is 4.35. The Morgan fingerprint density at radius 3 is 2.37 bits per heavy atom. The lowest BCUT2D eigenvalue weighted by molar-refractivity contribution is -0.123. The van der Waals surface area contributed by atoms with Gasteiger partial charge in [-0.05, 0) is 37.4 Å². The number of anilines is 2. The Balaban J connectivity index is 1.48. The highest BCUT2D eigenvalue weighted by Crippen LogP contribution is 2.29. The van der Waals surface area contributed by atoms with Crippen LogP contribution in [0.1, 0.15) is 13.8 Å². The van der Waals surface area contributed by atoms with Gasteiger partial charge in [-0.15, -0.1) is 0 Å². The van der Waals surface area contributed by atoms with E-state index in [0.717, 1.165) is 48.3 Å². The van der Waals surface area contributed by atoms with E-state index >= 15 is 0 Å². The second kappa shape index (κ2) is 8.76. The number of benzene rings is 3. The van der Waals surface area contributed by atoms with Crippen LogP contribution in [0.5, 0.6) is 5.75 Å². The summed E-state index contributed by atoms with van der Waals surface area (Å²) in [5, 5.41) is 12.4. The van der Waals surface area contributed by atoms with Gasteiger partial charge in [0.2, 0.25) is 5.91 Å². The van der Waals surface area contributed by atoms with Crippen LogP contribution in [-0.4, -0.2) is 54.7 Å². The number of hydrogen-bond acceptors (Lipinski definition) is 4. The van der Waals surface area contributed by atoms with Gasteiger partial charge >= 0.3 is 0 Å². The minimum Gasteiger partial charge on any atom is -0.506 e. The molecule has 5 heteroatoms. The van der Waals surface area contributed by atoms with Gasteiger partial charge in [-0.2, -0.15) is 0 Å². The normalized spacial score (nSPS) is 15.9. The number of aromatic hydroxyl groups is 1. The Bertz CT molecular complexity index is 1020. The molecular formula is C25H29N3O2. The molecule has 1 amide bonds. The third-order valence-corrected chi connectivity index (χ3v) is 6.08. The van der Waals surface area contributed by atoms with Crippen molar-refractivity contribution in [2.24, 2.45) is 0 Å². The van der Waals surface area contributed by atoms with Gasteiger partial charge in [0, 0.05) is 38.1 Å². The zero-order chi connectivity index (χ0) is 21.1. The predicted molar refractivity (Wildman–Crippen MR) is 123 cm³/mol. The maximum Gasteiger partial charge on any atom is 0.244 e. The smallest absolute Gasteiger partial charge is 0.244 e. The molecule has 1 aliphatic rings. The van der Waals surface area contributed by atoms with Crippen LogP contribution in [0.25, 0.3) is 10.8 Å². The highest BCUT2D eigenvalue weighted by molar-refractivity contribution is 6.05. The first-order valence-electron chi connectivity index (χ1n) is 10.7. The van der Waals surface area contributed by atoms with E-state index in [0.29, 0.717) is 12.3 Å². The predicted octanol–water partition coefficient (Wildman–Crippen LogP) is 4.11. The van der Waals surface area contributed by atoms with Crippen LogP contribution in [0.3, 0.4) is 0 Å². The topological polar surface area (TPSA) is 47.0 Å². The SMILES string of the molecule is CCN(C(=O)[C@H](C)N1CCN(c2ccccc2O)CC1)c1cccc2ccccc12. The number of fused-ring (bicyclic) bond motifs is 1. The zero-order valence-corrected chi connectivity index (χ0v) is 17.7. The van der Waals surface area contributed by atoms with Crippen molar-refractivity contribution < 1.29 is 9.90 Å². The van der Waals surface area contributed by atoms with Gasteiger partial charge in [-0.25, -0.2) is 0 Å². The van der Waals surface area contributed by atoms with Crippen molar-refractivity contribution in [1.82, 2.24) is 4.90 Å². The molecule has 0 saturated carbocycles. The van der Waals surface area contributed by atoms with E-state index < -0.39 is 0 Å². The van der Waals surface area contributed by atoms with Crippen LogP contribution in [0, 0.1) is 0 Å². The summed E-state index contributed by atoms with van der Waals surface area (Å²) in [7, 11) is 0. The summed E-state index contributed by atoms with van der Waals surface area (Å²) in [5.74, 6) is 0.438. The molecule has 0 unspecified atom stereocenters. The van der Waals surface area contributed by atoms with Crippen molar-refractivity contribution in [3.05, 3.63) is 66.7 Å². The van der Waals surface area contributed by atoms with Crippen LogP contribution in [0.15, 0.2) is 66.7 Å². The van der Waals surface area contributed by atoms with E-state index in [1.54, 1.807) is 6.07 Å². The lowest BCUT2D eigenvalue weighted by atomic mass is 10.1. The molecule has 30 heavy (non-hydrogen) atoms. The highest BCUT2D eigenvalue weighted by Gasteiger charge is 2.30. The molecule has 3 aromatic carbocycles. The number of phenolic OH excluding ortho intramolecular Hbond substituents is 1. The average Bonchev–Trinajstić information content (AvgIpc) is 2.79. The van der Waals surface area contributed by atoms with Gasteiger partial charge in [-0.3, -0.25) is 9.69 Å². The average molecular weight is 404 g/mol. The van der Waals surface area contributed by atoms with Crippen molar-refractivity contribution >= 4 is 28.1 Å². The maximum atomic E-state index is 13.5. The van der Waals surface area contributed by atoms with Crippen molar-refractivity contribution in [3.8, 4) is 5.75 Å². The minimum atomic E-state index is -0.199. The summed E-state index contributed by atoms with van der Waals surface area (Å²) in [6.07, 6.45) is 0. The van der Waals surface area contributed by atoms with Crippen LogP contribution < -0.4 is 9.80 Å². The van der Waals surface area contributed by atoms with Gasteiger partial charge in [0.25, 0.3) is 0 Å². The van der Waals surface area contributed by atoms with E-state index in [4.69, 9.17) is 0 Å². The Kier molecular flexibility index (Phi) is 5.91. The number of phenols is 1. The summed E-state index contributed by atoms with van der Waals surface area (Å²) in [4.78, 5) is 19.8. The summed E-state index contributed by atoms with van der Waals surface area (Å²) >= 11 is 0. The Hall–Kier alpha value is -3.05. The molecule has 4 rings (SSSR count). The first-order chi connectivity index (χ1) is 14.6. The molecule has 5 nitrogen and oxygen atoms in total. The molecule has 1 saturated heterocycles. The second-order valence-corrected chi connectivity index (χ2v) is 7.77. The number of hydrogen-bond donors (Lipinski definition) is 1. The summed E-state index contributed by atoms with van der Waals surface area (Å²) in [5.41, 5.74) is 1.84. The van der Waals surface area contributed by atoms with E-state index in [1.165, 1.54) is 0 Å². The van der Waals surface area contributed by atoms with Gasteiger partial charge in [0.15, 0.2) is 0 Å². The number of nitrogens with zero attached hydrogens (tertiary/aromatic N) is 3. The molecule has 0 bridgehead atoms. The molecule has 1 N–H and O–H groups in total. The van der Waals surface area contributed by atoms with Crippen LogP contribution >= 0.6 is 0 Å². The quantitative estimate of drug-likeness (QED) is 0.697. The van der Waals surface area contributed by atoms with Gasteiger partial charge in [0.05, 0.1) is 17.4 Å². The maximum absolute atomic E-state index is 13.5. The van der Waals surface area contributed by atoms with E-state index in [2.05, 4.69) is 28.0 Å². The third-order valence-electron chi connectivity index (χ3n) is 6.08. The number of carbonyl (C=O) groups is 1. The first-order valence-corrected chi connectivity index (χ1v) is 10.7. The molecule has 1 atom stereocenters. The summed E-state index contributed by atoms with van der Waals surface area (Å²) in [6, 6.07) is 21.6.